The Kier molecular flexibility index (Phi) is 4.08. The zero-order valence-electron chi connectivity index (χ0n) is 11.1. The summed E-state index contributed by atoms with van der Waals surface area (Å²) in [6.45, 7) is 7.87. The van der Waals surface area contributed by atoms with Crippen molar-refractivity contribution in [3.8, 4) is 0 Å². The molecule has 1 heterocycles. The molecule has 2 atom stereocenters. The van der Waals surface area contributed by atoms with E-state index in [0.29, 0.717) is 31.0 Å². The lowest BCUT2D eigenvalue weighted by molar-refractivity contribution is -0.340. The number of ether oxygens (including phenoxy) is 2. The second kappa shape index (κ2) is 5.22. The molecule has 2 fully saturated rings. The van der Waals surface area contributed by atoms with Gasteiger partial charge in [0.2, 0.25) is 0 Å². The maximum absolute atomic E-state index is 6.03. The van der Waals surface area contributed by atoms with Crippen LogP contribution in [0.25, 0.3) is 0 Å². The van der Waals surface area contributed by atoms with Crippen LogP contribution in [-0.4, -0.2) is 25.1 Å². The molecule has 2 N–H and O–H groups in total. The molecule has 4 heteroatoms. The lowest BCUT2D eigenvalue weighted by atomic mass is 9.72. The van der Waals surface area contributed by atoms with Crippen molar-refractivity contribution in [2.24, 2.45) is 23.7 Å². The molecular formula is C13H25NO3. The first kappa shape index (κ1) is 13.3. The maximum atomic E-state index is 6.03. The fourth-order valence-corrected chi connectivity index (χ4v) is 3.23. The van der Waals surface area contributed by atoms with E-state index in [1.54, 1.807) is 0 Å². The minimum Gasteiger partial charge on any atom is -0.347 e. The van der Waals surface area contributed by atoms with Gasteiger partial charge in [-0.3, -0.25) is 4.84 Å². The van der Waals surface area contributed by atoms with Gasteiger partial charge in [-0.1, -0.05) is 27.2 Å². The van der Waals surface area contributed by atoms with Gasteiger partial charge in [-0.2, -0.15) is 0 Å². The van der Waals surface area contributed by atoms with Crippen LogP contribution in [0, 0.1) is 17.8 Å². The van der Waals surface area contributed by atoms with Crippen LogP contribution in [0.15, 0.2) is 0 Å². The molecule has 0 aromatic rings. The second-order valence-electron chi connectivity index (χ2n) is 5.93. The van der Waals surface area contributed by atoms with Gasteiger partial charge >= 0.3 is 0 Å². The zero-order chi connectivity index (χ0) is 12.5. The highest BCUT2D eigenvalue weighted by Crippen LogP contribution is 2.45. The monoisotopic (exact) mass is 243 g/mol. The van der Waals surface area contributed by atoms with Crippen LogP contribution in [0.1, 0.15) is 40.0 Å². The summed E-state index contributed by atoms with van der Waals surface area (Å²) in [5, 5.41) is 0. The van der Waals surface area contributed by atoms with Gasteiger partial charge < -0.3 is 9.47 Å². The molecule has 0 aromatic carbocycles. The second-order valence-corrected chi connectivity index (χ2v) is 5.93. The molecule has 1 saturated heterocycles. The SMILES string of the molecule is CC1CCC(C(C)C)C2(C1)OCC(ON)CO2. The Morgan fingerprint density at radius 2 is 1.88 bits per heavy atom. The highest BCUT2D eigenvalue weighted by molar-refractivity contribution is 4.90. The first-order valence-electron chi connectivity index (χ1n) is 6.71. The van der Waals surface area contributed by atoms with Crippen LogP contribution in [0.5, 0.6) is 0 Å². The summed E-state index contributed by atoms with van der Waals surface area (Å²) < 4.78 is 12.1. The minimum atomic E-state index is -0.388. The molecular weight excluding hydrogens is 218 g/mol. The largest absolute Gasteiger partial charge is 0.347 e. The molecule has 1 saturated carbocycles. The van der Waals surface area contributed by atoms with E-state index in [9.17, 15) is 0 Å². The van der Waals surface area contributed by atoms with Crippen molar-refractivity contribution >= 4 is 0 Å². The molecule has 1 aliphatic heterocycles. The van der Waals surface area contributed by atoms with Crippen molar-refractivity contribution in [1.29, 1.82) is 0 Å². The number of rotatable bonds is 2. The van der Waals surface area contributed by atoms with Crippen LogP contribution in [0.2, 0.25) is 0 Å². The Labute approximate surface area is 104 Å². The summed E-state index contributed by atoms with van der Waals surface area (Å²) in [7, 11) is 0. The topological polar surface area (TPSA) is 53.7 Å². The maximum Gasteiger partial charge on any atom is 0.171 e. The average Bonchev–Trinajstić information content (AvgIpc) is 2.29. The van der Waals surface area contributed by atoms with E-state index >= 15 is 0 Å². The van der Waals surface area contributed by atoms with Crippen LogP contribution in [0.3, 0.4) is 0 Å². The molecule has 100 valence electrons. The Hall–Kier alpha value is -0.160. The van der Waals surface area contributed by atoms with E-state index in [1.165, 1.54) is 12.8 Å². The number of hydrogen-bond acceptors (Lipinski definition) is 4. The third kappa shape index (κ3) is 2.65. The molecule has 0 bridgehead atoms. The summed E-state index contributed by atoms with van der Waals surface area (Å²) in [6, 6.07) is 0. The quantitative estimate of drug-likeness (QED) is 0.754. The Morgan fingerprint density at radius 3 is 2.41 bits per heavy atom. The van der Waals surface area contributed by atoms with Crippen LogP contribution in [0.4, 0.5) is 0 Å². The van der Waals surface area contributed by atoms with E-state index in [2.05, 4.69) is 20.8 Å². The standard InChI is InChI=1S/C13H25NO3/c1-9(2)12-5-4-10(3)6-13(12)15-7-11(17-14)8-16-13/h9-12H,4-8,14H2,1-3H3. The Balaban J connectivity index is 2.08. The first-order valence-corrected chi connectivity index (χ1v) is 6.71. The van der Waals surface area contributed by atoms with Gasteiger partial charge in [-0.05, 0) is 18.3 Å². The molecule has 2 rings (SSSR count). The molecule has 1 spiro atoms. The van der Waals surface area contributed by atoms with Crippen molar-refractivity contribution in [3.05, 3.63) is 0 Å². The van der Waals surface area contributed by atoms with Crippen LogP contribution < -0.4 is 5.90 Å². The van der Waals surface area contributed by atoms with Crippen molar-refractivity contribution in [2.45, 2.75) is 51.9 Å². The molecule has 17 heavy (non-hydrogen) atoms. The van der Waals surface area contributed by atoms with E-state index in [4.69, 9.17) is 20.2 Å². The summed E-state index contributed by atoms with van der Waals surface area (Å²) in [4.78, 5) is 4.80. The normalized spacial score (nSPS) is 43.2. The zero-order valence-corrected chi connectivity index (χ0v) is 11.1. The predicted molar refractivity (Wildman–Crippen MR) is 65.0 cm³/mol. The van der Waals surface area contributed by atoms with Gasteiger partial charge in [-0.25, -0.2) is 5.90 Å². The summed E-state index contributed by atoms with van der Waals surface area (Å²) >= 11 is 0. The third-order valence-electron chi connectivity index (χ3n) is 4.19. The van der Waals surface area contributed by atoms with Gasteiger partial charge in [0.25, 0.3) is 0 Å². The van der Waals surface area contributed by atoms with E-state index < -0.39 is 0 Å². The number of hydrogen-bond donors (Lipinski definition) is 1. The smallest absolute Gasteiger partial charge is 0.171 e. The fourth-order valence-electron chi connectivity index (χ4n) is 3.23. The lowest BCUT2D eigenvalue weighted by Gasteiger charge is -2.50. The third-order valence-corrected chi connectivity index (χ3v) is 4.19. The van der Waals surface area contributed by atoms with Gasteiger partial charge in [0.05, 0.1) is 13.2 Å². The van der Waals surface area contributed by atoms with Gasteiger partial charge in [0.1, 0.15) is 6.10 Å². The van der Waals surface area contributed by atoms with Gasteiger partial charge in [0.15, 0.2) is 5.79 Å². The lowest BCUT2D eigenvalue weighted by Crippen LogP contribution is -2.56. The van der Waals surface area contributed by atoms with Crippen molar-refractivity contribution in [3.63, 3.8) is 0 Å². The van der Waals surface area contributed by atoms with Crippen molar-refractivity contribution in [1.82, 2.24) is 0 Å². The molecule has 0 radical (unpaired) electrons. The van der Waals surface area contributed by atoms with Crippen LogP contribution >= 0.6 is 0 Å². The summed E-state index contributed by atoms with van der Waals surface area (Å²) in [5.41, 5.74) is 0. The van der Waals surface area contributed by atoms with Crippen molar-refractivity contribution in [2.75, 3.05) is 13.2 Å². The molecule has 4 nitrogen and oxygen atoms in total. The Bertz CT molecular complexity index is 249. The summed E-state index contributed by atoms with van der Waals surface area (Å²) in [5.74, 6) is 6.53. The molecule has 0 amide bonds. The fraction of sp³-hybridized carbons (Fsp3) is 1.00. The Morgan fingerprint density at radius 1 is 1.24 bits per heavy atom. The molecule has 2 aliphatic rings. The molecule has 1 aliphatic carbocycles. The number of nitrogens with two attached hydrogens (primary N) is 1. The van der Waals surface area contributed by atoms with Gasteiger partial charge in [-0.15, -0.1) is 0 Å². The average molecular weight is 243 g/mol. The van der Waals surface area contributed by atoms with Crippen molar-refractivity contribution < 1.29 is 14.3 Å². The van der Waals surface area contributed by atoms with E-state index in [0.717, 1.165) is 6.42 Å². The van der Waals surface area contributed by atoms with E-state index in [-0.39, 0.29) is 11.9 Å². The van der Waals surface area contributed by atoms with Gasteiger partial charge in [0, 0.05) is 12.3 Å². The molecule has 0 aromatic heterocycles. The van der Waals surface area contributed by atoms with E-state index in [1.807, 2.05) is 0 Å². The summed E-state index contributed by atoms with van der Waals surface area (Å²) in [6.07, 6.45) is 3.33. The van der Waals surface area contributed by atoms with Crippen LogP contribution in [-0.2, 0) is 14.3 Å². The minimum absolute atomic E-state index is 0.120. The molecule has 2 unspecified atom stereocenters. The highest BCUT2D eigenvalue weighted by Gasteiger charge is 2.49. The highest BCUT2D eigenvalue weighted by atomic mass is 16.7. The predicted octanol–water partition coefficient (Wildman–Crippen LogP) is 2.08. The first-order chi connectivity index (χ1) is 8.07.